The quantitative estimate of drug-likeness (QED) is 0.455. The Hall–Kier alpha value is -2.97. The molecule has 1 aromatic heterocycles. The molecule has 0 fully saturated rings. The van der Waals surface area contributed by atoms with Gasteiger partial charge in [0.15, 0.2) is 0 Å². The summed E-state index contributed by atoms with van der Waals surface area (Å²) in [6.07, 6.45) is 1.63. The molecule has 0 saturated carbocycles. The van der Waals surface area contributed by atoms with Crippen molar-refractivity contribution >= 4 is 11.4 Å². The van der Waals surface area contributed by atoms with Gasteiger partial charge in [-0.15, -0.1) is 0 Å². The number of nitro benzene ring substituents is 1. The largest absolute Gasteiger partial charge is 0.483 e. The molecule has 0 unspecified atom stereocenters. The van der Waals surface area contributed by atoms with Crippen LogP contribution in [-0.4, -0.2) is 39.9 Å². The van der Waals surface area contributed by atoms with E-state index in [2.05, 4.69) is 5.32 Å². The fourth-order valence-electron chi connectivity index (χ4n) is 3.17. The Balaban J connectivity index is 2.29. The first-order valence-electron chi connectivity index (χ1n) is 8.56. The smallest absolute Gasteiger partial charge is 0.270 e. The molecular weight excluding hydrogens is 350 g/mol. The van der Waals surface area contributed by atoms with E-state index >= 15 is 0 Å². The second-order valence-electron chi connectivity index (χ2n) is 6.69. The summed E-state index contributed by atoms with van der Waals surface area (Å²) in [6.45, 7) is 4.45. The van der Waals surface area contributed by atoms with Crippen LogP contribution in [0.25, 0.3) is 5.70 Å². The molecule has 0 bridgehead atoms. The van der Waals surface area contributed by atoms with E-state index in [9.17, 15) is 14.9 Å². The Morgan fingerprint density at radius 2 is 2.07 bits per heavy atom. The predicted molar refractivity (Wildman–Crippen MR) is 101 cm³/mol. The first-order valence-corrected chi connectivity index (χ1v) is 8.56. The number of non-ortho nitro benzene ring substituents is 1. The van der Waals surface area contributed by atoms with Crippen molar-refractivity contribution in [1.29, 1.82) is 0 Å². The highest BCUT2D eigenvalue weighted by Crippen LogP contribution is 2.42. The molecule has 142 valence electrons. The van der Waals surface area contributed by atoms with Crippen LogP contribution in [0.2, 0.25) is 0 Å². The van der Waals surface area contributed by atoms with Crippen molar-refractivity contribution in [2.45, 2.75) is 19.4 Å². The molecule has 8 heteroatoms. The van der Waals surface area contributed by atoms with Crippen molar-refractivity contribution in [2.24, 2.45) is 0 Å². The van der Waals surface area contributed by atoms with E-state index in [1.54, 1.807) is 24.4 Å². The number of pyridine rings is 1. The fourth-order valence-corrected chi connectivity index (χ4v) is 3.17. The van der Waals surface area contributed by atoms with Crippen LogP contribution >= 0.6 is 0 Å². The van der Waals surface area contributed by atoms with Gasteiger partial charge in [-0.05, 0) is 26.0 Å². The molecule has 0 aliphatic carbocycles. The minimum atomic E-state index is -0.754. The number of aliphatic hydroxyl groups excluding tert-OH is 1. The van der Waals surface area contributed by atoms with Crippen LogP contribution in [0.1, 0.15) is 19.4 Å². The molecule has 3 rings (SSSR count). The third-order valence-electron chi connectivity index (χ3n) is 4.46. The third kappa shape index (κ3) is 3.62. The molecule has 8 nitrogen and oxygen atoms in total. The highest BCUT2D eigenvalue weighted by Gasteiger charge is 2.36. The van der Waals surface area contributed by atoms with Crippen LogP contribution in [0.5, 0.6) is 5.75 Å². The number of nitrogens with one attached hydrogen (secondary N) is 1. The topological polar surface area (TPSA) is 107 Å². The van der Waals surface area contributed by atoms with E-state index in [0.717, 1.165) is 5.57 Å². The van der Waals surface area contributed by atoms with Crippen molar-refractivity contribution in [3.05, 3.63) is 74.2 Å². The van der Waals surface area contributed by atoms with Gasteiger partial charge >= 0.3 is 0 Å². The zero-order valence-electron chi connectivity index (χ0n) is 15.1. The lowest BCUT2D eigenvalue weighted by Gasteiger charge is -2.37. The van der Waals surface area contributed by atoms with Crippen LogP contribution in [-0.2, 0) is 0 Å². The minimum Gasteiger partial charge on any atom is -0.483 e. The third-order valence-corrected chi connectivity index (χ3v) is 4.46. The molecule has 1 aliphatic heterocycles. The maximum absolute atomic E-state index is 12.5. The first-order chi connectivity index (χ1) is 12.8. The number of hydrogen-bond acceptors (Lipinski definition) is 6. The van der Waals surface area contributed by atoms with Crippen molar-refractivity contribution in [2.75, 3.05) is 19.7 Å². The van der Waals surface area contributed by atoms with Gasteiger partial charge in [-0.2, -0.15) is 0 Å². The summed E-state index contributed by atoms with van der Waals surface area (Å²) in [5.74, 6) is 0.474. The number of benzene rings is 1. The predicted octanol–water partition coefficient (Wildman–Crippen LogP) is 1.77. The summed E-state index contributed by atoms with van der Waals surface area (Å²) in [7, 11) is 0. The summed E-state index contributed by atoms with van der Waals surface area (Å²) in [6, 6.07) is 9.17. The van der Waals surface area contributed by atoms with Crippen LogP contribution < -0.4 is 15.6 Å². The summed E-state index contributed by atoms with van der Waals surface area (Å²) in [5.41, 5.74) is 0.718. The highest BCUT2D eigenvalue weighted by molar-refractivity contribution is 5.78. The lowest BCUT2D eigenvalue weighted by molar-refractivity contribution is -0.384. The van der Waals surface area contributed by atoms with Crippen LogP contribution in [0.3, 0.4) is 0 Å². The summed E-state index contributed by atoms with van der Waals surface area (Å²) in [4.78, 5) is 23.3. The Morgan fingerprint density at radius 1 is 1.30 bits per heavy atom. The van der Waals surface area contributed by atoms with E-state index in [1.807, 2.05) is 13.8 Å². The van der Waals surface area contributed by atoms with E-state index in [-0.39, 0.29) is 17.9 Å². The molecule has 27 heavy (non-hydrogen) atoms. The van der Waals surface area contributed by atoms with E-state index < -0.39 is 10.5 Å². The number of nitro groups is 1. The monoisotopic (exact) mass is 371 g/mol. The van der Waals surface area contributed by atoms with E-state index in [1.165, 1.54) is 22.8 Å². The molecule has 2 aromatic rings. The number of aromatic nitrogens is 1. The van der Waals surface area contributed by atoms with Crippen molar-refractivity contribution < 1.29 is 14.8 Å². The van der Waals surface area contributed by atoms with Crippen molar-refractivity contribution in [3.63, 3.8) is 0 Å². The molecular formula is C19H21N3O5. The van der Waals surface area contributed by atoms with Crippen LogP contribution in [0.15, 0.2) is 53.0 Å². The lowest BCUT2D eigenvalue weighted by Crippen LogP contribution is -2.41. The molecule has 1 aromatic carbocycles. The van der Waals surface area contributed by atoms with E-state index in [4.69, 9.17) is 9.84 Å². The normalized spacial score (nSPS) is 15.2. The number of rotatable bonds is 6. The Morgan fingerprint density at radius 3 is 2.74 bits per heavy atom. The molecule has 0 spiro atoms. The Bertz CT molecular complexity index is 962. The number of fused-ring (bicyclic) bond motifs is 1. The Kier molecular flexibility index (Phi) is 5.11. The number of nitrogens with zero attached hydrogens (tertiary/aromatic N) is 2. The molecule has 2 N–H and O–H groups in total. The fraction of sp³-hybridized carbons (Fsp3) is 0.316. The summed E-state index contributed by atoms with van der Waals surface area (Å²) < 4.78 is 7.57. The average molecular weight is 371 g/mol. The summed E-state index contributed by atoms with van der Waals surface area (Å²) >= 11 is 0. The maximum atomic E-state index is 12.5. The number of aliphatic hydroxyl groups is 1. The number of hydrogen-bond donors (Lipinski definition) is 2. The molecule has 0 radical (unpaired) electrons. The van der Waals surface area contributed by atoms with Gasteiger partial charge in [0.25, 0.3) is 11.2 Å². The van der Waals surface area contributed by atoms with Crippen molar-refractivity contribution in [1.82, 2.24) is 9.88 Å². The maximum Gasteiger partial charge on any atom is 0.270 e. The van der Waals surface area contributed by atoms with Crippen LogP contribution in [0.4, 0.5) is 5.69 Å². The van der Waals surface area contributed by atoms with Gasteiger partial charge in [-0.3, -0.25) is 19.5 Å². The Labute approximate surface area is 155 Å². The van der Waals surface area contributed by atoms with E-state index in [0.29, 0.717) is 30.1 Å². The summed E-state index contributed by atoms with van der Waals surface area (Å²) in [5, 5.41) is 23.4. The van der Waals surface area contributed by atoms with Gasteiger partial charge < -0.3 is 15.2 Å². The number of ether oxygens (including phenoxy) is 1. The first kappa shape index (κ1) is 18.8. The van der Waals surface area contributed by atoms with Gasteiger partial charge in [0.2, 0.25) is 0 Å². The average Bonchev–Trinajstić information content (AvgIpc) is 2.62. The van der Waals surface area contributed by atoms with Gasteiger partial charge in [0.1, 0.15) is 11.4 Å². The van der Waals surface area contributed by atoms with Gasteiger partial charge in [-0.25, -0.2) is 0 Å². The zero-order valence-corrected chi connectivity index (χ0v) is 15.1. The highest BCUT2D eigenvalue weighted by atomic mass is 16.6. The SMILES string of the molecule is CC1(C)Oc2ccc([N+](=O)[O-])cc2C(n2ccccc2=O)=C1CNCCO. The van der Waals surface area contributed by atoms with Crippen molar-refractivity contribution in [3.8, 4) is 5.75 Å². The second-order valence-corrected chi connectivity index (χ2v) is 6.69. The van der Waals surface area contributed by atoms with Gasteiger partial charge in [-0.1, -0.05) is 6.07 Å². The lowest BCUT2D eigenvalue weighted by atomic mass is 9.89. The molecule has 0 saturated heterocycles. The standard InChI is InChI=1S/C19H21N3O5/c1-19(2)15(12-20-8-10-23)18(21-9-4-3-5-17(21)24)14-11-13(22(25)26)6-7-16(14)27-19/h3-7,9,11,20,23H,8,10,12H2,1-2H3. The second kappa shape index (κ2) is 7.34. The minimum absolute atomic E-state index is 0.0305. The molecule has 0 amide bonds. The van der Waals surface area contributed by atoms with Gasteiger partial charge in [0, 0.05) is 48.6 Å². The molecule has 2 heterocycles. The molecule has 1 aliphatic rings. The zero-order chi connectivity index (χ0) is 19.6. The van der Waals surface area contributed by atoms with Crippen LogP contribution in [0, 0.1) is 10.1 Å². The molecule has 0 atom stereocenters. The van der Waals surface area contributed by atoms with Gasteiger partial charge in [0.05, 0.1) is 17.2 Å².